The van der Waals surface area contributed by atoms with Crippen LogP contribution in [-0.4, -0.2) is 80.7 Å². The molecular formula is C55H68ClN9O9S3. The number of amides is 3. The lowest BCUT2D eigenvalue weighted by Crippen LogP contribution is -2.43. The van der Waals surface area contributed by atoms with E-state index in [1.807, 2.05) is 36.4 Å². The van der Waals surface area contributed by atoms with Gasteiger partial charge in [0.15, 0.2) is 0 Å². The molecule has 3 amide bonds. The number of nitrogens with one attached hydrogen (secondary N) is 6. The van der Waals surface area contributed by atoms with E-state index in [4.69, 9.17) is 17.2 Å². The predicted molar refractivity (Wildman–Crippen MR) is 304 cm³/mol. The quantitative estimate of drug-likeness (QED) is 0.0172. The smallest absolute Gasteiger partial charge is 0.242 e. The van der Waals surface area contributed by atoms with Crippen LogP contribution in [0.15, 0.2) is 178 Å². The topological polar surface area (TPSA) is 304 Å². The van der Waals surface area contributed by atoms with Gasteiger partial charge in [0.25, 0.3) is 0 Å². The van der Waals surface area contributed by atoms with Crippen molar-refractivity contribution in [2.75, 3.05) is 35.6 Å². The fourth-order valence-electron chi connectivity index (χ4n) is 8.32. The lowest BCUT2D eigenvalue weighted by molar-refractivity contribution is -0.118. The van der Waals surface area contributed by atoms with E-state index in [9.17, 15) is 39.6 Å². The van der Waals surface area contributed by atoms with Crippen molar-refractivity contribution in [1.29, 1.82) is 0 Å². The molecule has 3 atom stereocenters. The highest BCUT2D eigenvalue weighted by molar-refractivity contribution is 7.90. The van der Waals surface area contributed by atoms with Gasteiger partial charge >= 0.3 is 0 Å². The maximum atomic E-state index is 13.8. The summed E-state index contributed by atoms with van der Waals surface area (Å²) in [5, 5.41) is 8.58. The normalized spacial score (nSPS) is 12.9. The van der Waals surface area contributed by atoms with Crippen LogP contribution in [0.1, 0.15) is 80.4 Å². The Hall–Kier alpha value is -6.37. The number of rotatable bonds is 30. The summed E-state index contributed by atoms with van der Waals surface area (Å²) in [4.78, 5) is 41.4. The molecule has 6 aromatic carbocycles. The van der Waals surface area contributed by atoms with Gasteiger partial charge in [0, 0.05) is 23.0 Å². The van der Waals surface area contributed by atoms with Crippen molar-refractivity contribution >= 4 is 77.3 Å². The Morgan fingerprint density at radius 2 is 0.584 bits per heavy atom. The number of hydrogen-bond acceptors (Lipinski definition) is 12. The van der Waals surface area contributed by atoms with Crippen molar-refractivity contribution in [3.8, 4) is 0 Å². The van der Waals surface area contributed by atoms with Crippen LogP contribution in [-0.2, 0) is 44.5 Å². The molecule has 412 valence electrons. The van der Waals surface area contributed by atoms with E-state index < -0.39 is 71.8 Å². The third-order valence-corrected chi connectivity index (χ3v) is 16.8. The minimum atomic E-state index is -4.04. The lowest BCUT2D eigenvalue weighted by atomic mass is 9.85. The van der Waals surface area contributed by atoms with Crippen molar-refractivity contribution in [3.05, 3.63) is 180 Å². The number of sulfonamides is 3. The molecule has 18 nitrogen and oxygen atoms in total. The highest BCUT2D eigenvalue weighted by Gasteiger charge is 2.29. The standard InChI is InChI=1S/C55H67N9O9S3.ClH/c56-37-13-10-22-49(62-74(68,69)46-16-4-1-5-17-46)53(65)59-43-31-25-40(26-32-43)52(41-27-33-44(34-28-41)60-54(66)50(23-11-14-38-57)63-75(70,71)47-18-6-2-7-19-47)42-29-35-45(36-30-42)61-55(67)51(24-12-15-39-58)64-76(72,73)48-20-8-3-9-21-48;/h1-9,16-21,25-36,49-52,62-64H,10-15,22-24,37-39,56-58H2,(H,59,65)(H,60,66)(H,61,67);1H/t49-,50-,51-;/m1./s1. The molecule has 0 aliphatic heterocycles. The van der Waals surface area contributed by atoms with E-state index in [0.29, 0.717) is 75.2 Å². The number of carbonyl (C=O) groups is 3. The molecule has 0 aromatic heterocycles. The zero-order chi connectivity index (χ0) is 54.6. The summed E-state index contributed by atoms with van der Waals surface area (Å²) in [6, 6.07) is 41.2. The third kappa shape index (κ3) is 18.4. The van der Waals surface area contributed by atoms with Crippen molar-refractivity contribution in [2.45, 2.75) is 96.5 Å². The Morgan fingerprint density at radius 3 is 0.805 bits per heavy atom. The Balaban J connectivity index is 0.0000109. The summed E-state index contributed by atoms with van der Waals surface area (Å²) in [6.45, 7) is 1.13. The molecule has 12 N–H and O–H groups in total. The minimum absolute atomic E-state index is 0. The lowest BCUT2D eigenvalue weighted by Gasteiger charge is -2.22. The first-order valence-electron chi connectivity index (χ1n) is 25.1. The molecule has 22 heteroatoms. The van der Waals surface area contributed by atoms with Gasteiger partial charge in [-0.1, -0.05) is 110 Å². The number of anilines is 3. The molecule has 0 aliphatic carbocycles. The van der Waals surface area contributed by atoms with Gasteiger partial charge in [0.1, 0.15) is 18.1 Å². The Kier molecular flexibility index (Phi) is 23.9. The summed E-state index contributed by atoms with van der Waals surface area (Å²) in [5.41, 5.74) is 20.7. The van der Waals surface area contributed by atoms with E-state index >= 15 is 0 Å². The number of hydrogen-bond donors (Lipinski definition) is 9. The van der Waals surface area contributed by atoms with Crippen LogP contribution < -0.4 is 47.3 Å². The van der Waals surface area contributed by atoms with E-state index in [-0.39, 0.29) is 46.4 Å². The molecule has 0 bridgehead atoms. The zero-order valence-corrected chi connectivity index (χ0v) is 45.7. The largest absolute Gasteiger partial charge is 0.330 e. The monoisotopic (exact) mass is 1130 g/mol. The number of nitrogens with two attached hydrogens (primary N) is 3. The second-order valence-electron chi connectivity index (χ2n) is 18.1. The first kappa shape index (κ1) is 61.5. The van der Waals surface area contributed by atoms with Crippen molar-refractivity contribution in [3.63, 3.8) is 0 Å². The highest BCUT2D eigenvalue weighted by Crippen LogP contribution is 2.34. The number of benzene rings is 6. The van der Waals surface area contributed by atoms with Crippen LogP contribution in [0, 0.1) is 0 Å². The maximum Gasteiger partial charge on any atom is 0.242 e. The van der Waals surface area contributed by atoms with E-state index in [1.54, 1.807) is 91.0 Å². The Bertz CT molecular complexity index is 2810. The van der Waals surface area contributed by atoms with E-state index in [0.717, 1.165) is 16.7 Å². The van der Waals surface area contributed by atoms with Gasteiger partial charge in [-0.3, -0.25) is 14.4 Å². The molecule has 0 aliphatic rings. The van der Waals surface area contributed by atoms with Crippen molar-refractivity contribution < 1.29 is 39.6 Å². The number of halogens is 1. The number of unbranched alkanes of at least 4 members (excludes halogenated alkanes) is 3. The van der Waals surface area contributed by atoms with Gasteiger partial charge in [-0.2, -0.15) is 14.2 Å². The summed E-state index contributed by atoms with van der Waals surface area (Å²) < 4.78 is 87.5. The molecule has 0 saturated carbocycles. The molecule has 0 saturated heterocycles. The van der Waals surface area contributed by atoms with E-state index in [1.165, 1.54) is 36.4 Å². The Morgan fingerprint density at radius 1 is 0.351 bits per heavy atom. The van der Waals surface area contributed by atoms with Gasteiger partial charge in [-0.15, -0.1) is 12.4 Å². The average molecular weight is 1130 g/mol. The number of carbonyl (C=O) groups excluding carboxylic acids is 3. The average Bonchev–Trinajstić information content (AvgIpc) is 3.42. The van der Waals surface area contributed by atoms with E-state index in [2.05, 4.69) is 30.1 Å². The molecular weight excluding hydrogens is 1060 g/mol. The van der Waals surface area contributed by atoms with Crippen LogP contribution in [0.2, 0.25) is 0 Å². The summed E-state index contributed by atoms with van der Waals surface area (Å²) in [7, 11) is -12.1. The summed E-state index contributed by atoms with van der Waals surface area (Å²) in [5.74, 6) is -2.15. The second kappa shape index (κ2) is 30.0. The molecule has 0 spiro atoms. The fourth-order valence-corrected chi connectivity index (χ4v) is 12.1. The van der Waals surface area contributed by atoms with Gasteiger partial charge in [-0.25, -0.2) is 25.3 Å². The zero-order valence-electron chi connectivity index (χ0n) is 42.4. The van der Waals surface area contributed by atoms with Gasteiger partial charge in [0.05, 0.1) is 14.7 Å². The predicted octanol–water partition coefficient (Wildman–Crippen LogP) is 6.53. The maximum absolute atomic E-state index is 13.8. The van der Waals surface area contributed by atoms with Gasteiger partial charge < -0.3 is 33.2 Å². The highest BCUT2D eigenvalue weighted by atomic mass is 35.5. The van der Waals surface area contributed by atoms with Crippen LogP contribution in [0.3, 0.4) is 0 Å². The fraction of sp³-hybridized carbons (Fsp3) is 0.291. The SMILES string of the molecule is Cl.NCCCC[C@@H](NS(=O)(=O)c1ccccc1)C(=O)Nc1ccc(C(c2ccc(NC(=O)[C@@H](CCCCN)NS(=O)(=O)c3ccccc3)cc2)c2ccc(NC(=O)[C@@H](CCCCN)NS(=O)(=O)c3ccccc3)cc2)cc1. The minimum Gasteiger partial charge on any atom is -0.330 e. The summed E-state index contributed by atoms with van der Waals surface area (Å²) in [6.07, 6.45) is 3.89. The van der Waals surface area contributed by atoms with Crippen LogP contribution in [0.4, 0.5) is 17.1 Å². The molecule has 0 heterocycles. The molecule has 0 fully saturated rings. The van der Waals surface area contributed by atoms with Gasteiger partial charge in [0.2, 0.25) is 47.8 Å². The van der Waals surface area contributed by atoms with Crippen molar-refractivity contribution in [1.82, 2.24) is 14.2 Å². The summed E-state index contributed by atoms with van der Waals surface area (Å²) >= 11 is 0. The first-order chi connectivity index (χ1) is 36.5. The first-order valence-corrected chi connectivity index (χ1v) is 29.5. The Labute approximate surface area is 458 Å². The van der Waals surface area contributed by atoms with Crippen LogP contribution in [0.25, 0.3) is 0 Å². The molecule has 77 heavy (non-hydrogen) atoms. The third-order valence-electron chi connectivity index (χ3n) is 12.4. The molecule has 0 unspecified atom stereocenters. The van der Waals surface area contributed by atoms with Crippen molar-refractivity contribution in [2.24, 2.45) is 17.2 Å². The second-order valence-corrected chi connectivity index (χ2v) is 23.2. The van der Waals surface area contributed by atoms with Gasteiger partial charge in [-0.05, 0) is 148 Å². The van der Waals surface area contributed by atoms with Crippen LogP contribution >= 0.6 is 12.4 Å². The molecule has 6 rings (SSSR count). The molecule has 6 aromatic rings. The molecule has 0 radical (unpaired) electrons. The van der Waals surface area contributed by atoms with Crippen LogP contribution in [0.5, 0.6) is 0 Å².